The molecule has 76 valence electrons. The van der Waals surface area contributed by atoms with Gasteiger partial charge in [0.15, 0.2) is 0 Å². The Labute approximate surface area is 90.5 Å². The topological polar surface area (TPSA) is 62.2 Å². The van der Waals surface area contributed by atoms with Crippen LogP contribution in [-0.4, -0.2) is 29.1 Å². The molecule has 0 aliphatic heterocycles. The predicted molar refractivity (Wildman–Crippen MR) is 56.1 cm³/mol. The number of nitrogens with one attached hydrogen (secondary N) is 1. The van der Waals surface area contributed by atoms with E-state index in [0.717, 1.165) is 10.0 Å². The molecular formula is C9H11BrN2O2. The molecule has 0 bridgehead atoms. The summed E-state index contributed by atoms with van der Waals surface area (Å²) in [7, 11) is 0. The summed E-state index contributed by atoms with van der Waals surface area (Å²) in [5.74, 6) is -0.260. The molecule has 0 saturated carbocycles. The molecule has 0 fully saturated rings. The van der Waals surface area contributed by atoms with Crippen molar-refractivity contribution in [1.82, 2.24) is 10.3 Å². The Bertz CT molecular complexity index is 342. The first-order chi connectivity index (χ1) is 6.65. The van der Waals surface area contributed by atoms with Crippen molar-refractivity contribution in [2.24, 2.45) is 0 Å². The van der Waals surface area contributed by atoms with Crippen LogP contribution in [0.15, 0.2) is 16.7 Å². The Morgan fingerprint density at radius 3 is 3.00 bits per heavy atom. The summed E-state index contributed by atoms with van der Waals surface area (Å²) in [5.41, 5.74) is 1.19. The van der Waals surface area contributed by atoms with Crippen molar-refractivity contribution < 1.29 is 9.90 Å². The van der Waals surface area contributed by atoms with Gasteiger partial charge in [0.05, 0.1) is 6.61 Å². The maximum Gasteiger partial charge on any atom is 0.270 e. The minimum atomic E-state index is -0.260. The number of nitrogens with zero attached hydrogens (tertiary/aromatic N) is 1. The van der Waals surface area contributed by atoms with Crippen LogP contribution in [0.25, 0.3) is 0 Å². The Morgan fingerprint density at radius 2 is 2.43 bits per heavy atom. The number of aromatic nitrogens is 1. The highest BCUT2D eigenvalue weighted by Crippen LogP contribution is 2.12. The fourth-order valence-electron chi connectivity index (χ4n) is 1.03. The van der Waals surface area contributed by atoms with Gasteiger partial charge in [0, 0.05) is 17.2 Å². The SMILES string of the molecule is Cc1cc(Br)cnc1C(=O)NCCO. The van der Waals surface area contributed by atoms with Gasteiger partial charge in [0.1, 0.15) is 5.69 Å². The second-order valence-corrected chi connectivity index (χ2v) is 3.71. The Kier molecular flexibility index (Phi) is 4.03. The predicted octanol–water partition coefficient (Wildman–Crippen LogP) is 0.875. The van der Waals surface area contributed by atoms with Crippen LogP contribution < -0.4 is 5.32 Å². The molecule has 1 aromatic heterocycles. The number of halogens is 1. The van der Waals surface area contributed by atoms with Gasteiger partial charge in [-0.3, -0.25) is 4.79 Å². The van der Waals surface area contributed by atoms with Crippen LogP contribution >= 0.6 is 15.9 Å². The number of hydrogen-bond acceptors (Lipinski definition) is 3. The first kappa shape index (κ1) is 11.1. The molecule has 0 spiro atoms. The lowest BCUT2D eigenvalue weighted by molar-refractivity contribution is 0.0939. The molecule has 0 radical (unpaired) electrons. The Balaban J connectivity index is 2.80. The van der Waals surface area contributed by atoms with Crippen molar-refractivity contribution in [3.63, 3.8) is 0 Å². The summed E-state index contributed by atoms with van der Waals surface area (Å²) in [5, 5.41) is 11.1. The molecule has 1 amide bonds. The number of aliphatic hydroxyl groups is 1. The average molecular weight is 259 g/mol. The van der Waals surface area contributed by atoms with Gasteiger partial charge in [-0.2, -0.15) is 0 Å². The van der Waals surface area contributed by atoms with E-state index in [1.165, 1.54) is 0 Å². The average Bonchev–Trinajstić information content (AvgIpc) is 2.14. The van der Waals surface area contributed by atoms with Gasteiger partial charge in [-0.25, -0.2) is 4.98 Å². The number of amides is 1. The zero-order valence-electron chi connectivity index (χ0n) is 7.75. The number of hydrogen-bond donors (Lipinski definition) is 2. The lowest BCUT2D eigenvalue weighted by Gasteiger charge is -2.05. The molecular weight excluding hydrogens is 248 g/mol. The number of pyridine rings is 1. The van der Waals surface area contributed by atoms with E-state index >= 15 is 0 Å². The fraction of sp³-hybridized carbons (Fsp3) is 0.333. The molecule has 14 heavy (non-hydrogen) atoms. The number of aryl methyl sites for hydroxylation is 1. The third kappa shape index (κ3) is 2.78. The lowest BCUT2D eigenvalue weighted by atomic mass is 10.2. The number of rotatable bonds is 3. The van der Waals surface area contributed by atoms with Crippen LogP contribution in [0.4, 0.5) is 0 Å². The van der Waals surface area contributed by atoms with Crippen molar-refractivity contribution in [3.8, 4) is 0 Å². The van der Waals surface area contributed by atoms with Gasteiger partial charge in [-0.15, -0.1) is 0 Å². The molecule has 4 nitrogen and oxygen atoms in total. The van der Waals surface area contributed by atoms with E-state index < -0.39 is 0 Å². The molecule has 1 aromatic rings. The molecule has 0 aliphatic carbocycles. The smallest absolute Gasteiger partial charge is 0.270 e. The monoisotopic (exact) mass is 258 g/mol. The second kappa shape index (κ2) is 5.07. The molecule has 0 saturated heterocycles. The first-order valence-electron chi connectivity index (χ1n) is 4.16. The summed E-state index contributed by atoms with van der Waals surface area (Å²) in [6.07, 6.45) is 1.57. The quantitative estimate of drug-likeness (QED) is 0.846. The van der Waals surface area contributed by atoms with Crippen LogP contribution in [0.3, 0.4) is 0 Å². The van der Waals surface area contributed by atoms with Gasteiger partial charge in [-0.1, -0.05) is 0 Å². The van der Waals surface area contributed by atoms with Gasteiger partial charge < -0.3 is 10.4 Å². The first-order valence-corrected chi connectivity index (χ1v) is 4.95. The lowest BCUT2D eigenvalue weighted by Crippen LogP contribution is -2.27. The molecule has 5 heteroatoms. The maximum absolute atomic E-state index is 11.4. The zero-order chi connectivity index (χ0) is 10.6. The summed E-state index contributed by atoms with van der Waals surface area (Å²) < 4.78 is 0.841. The van der Waals surface area contributed by atoms with E-state index in [9.17, 15) is 4.79 Å². The summed E-state index contributed by atoms with van der Waals surface area (Å²) >= 11 is 3.26. The van der Waals surface area contributed by atoms with Gasteiger partial charge in [-0.05, 0) is 34.5 Å². The van der Waals surface area contributed by atoms with Crippen molar-refractivity contribution in [1.29, 1.82) is 0 Å². The van der Waals surface area contributed by atoms with E-state index in [-0.39, 0.29) is 19.1 Å². The normalized spacial score (nSPS) is 9.93. The third-order valence-corrected chi connectivity index (χ3v) is 2.09. The highest BCUT2D eigenvalue weighted by molar-refractivity contribution is 9.10. The number of carbonyl (C=O) groups is 1. The molecule has 2 N–H and O–H groups in total. The number of aliphatic hydroxyl groups excluding tert-OH is 1. The van der Waals surface area contributed by atoms with Crippen LogP contribution in [0.2, 0.25) is 0 Å². The van der Waals surface area contributed by atoms with Gasteiger partial charge in [0.25, 0.3) is 5.91 Å². The van der Waals surface area contributed by atoms with Gasteiger partial charge in [0.2, 0.25) is 0 Å². The van der Waals surface area contributed by atoms with Crippen LogP contribution in [0, 0.1) is 6.92 Å². The minimum absolute atomic E-state index is 0.0681. The molecule has 1 heterocycles. The van der Waals surface area contributed by atoms with Gasteiger partial charge >= 0.3 is 0 Å². The van der Waals surface area contributed by atoms with Crippen molar-refractivity contribution >= 4 is 21.8 Å². The molecule has 0 unspecified atom stereocenters. The zero-order valence-corrected chi connectivity index (χ0v) is 9.34. The van der Waals surface area contributed by atoms with E-state index in [1.807, 2.05) is 13.0 Å². The minimum Gasteiger partial charge on any atom is -0.395 e. The molecule has 0 aliphatic rings. The molecule has 0 aromatic carbocycles. The highest BCUT2D eigenvalue weighted by atomic mass is 79.9. The fourth-order valence-corrected chi connectivity index (χ4v) is 1.48. The molecule has 1 rings (SSSR count). The van der Waals surface area contributed by atoms with Crippen molar-refractivity contribution in [2.75, 3.05) is 13.2 Å². The van der Waals surface area contributed by atoms with Crippen molar-refractivity contribution in [2.45, 2.75) is 6.92 Å². The van der Waals surface area contributed by atoms with Crippen LogP contribution in [0.1, 0.15) is 16.1 Å². The second-order valence-electron chi connectivity index (χ2n) is 2.80. The maximum atomic E-state index is 11.4. The summed E-state index contributed by atoms with van der Waals surface area (Å²) in [6.45, 7) is 1.99. The summed E-state index contributed by atoms with van der Waals surface area (Å²) in [4.78, 5) is 15.4. The van der Waals surface area contributed by atoms with E-state index in [0.29, 0.717) is 5.69 Å². The highest BCUT2D eigenvalue weighted by Gasteiger charge is 2.09. The van der Waals surface area contributed by atoms with Crippen molar-refractivity contribution in [3.05, 3.63) is 28.0 Å². The Hall–Kier alpha value is -0.940. The Morgan fingerprint density at radius 1 is 1.71 bits per heavy atom. The largest absolute Gasteiger partial charge is 0.395 e. The number of carbonyl (C=O) groups excluding carboxylic acids is 1. The van der Waals surface area contributed by atoms with E-state index in [1.54, 1.807) is 6.20 Å². The third-order valence-electron chi connectivity index (χ3n) is 1.66. The van der Waals surface area contributed by atoms with E-state index in [2.05, 4.69) is 26.2 Å². The summed E-state index contributed by atoms with van der Waals surface area (Å²) in [6, 6.07) is 1.82. The van der Waals surface area contributed by atoms with Crippen LogP contribution in [0.5, 0.6) is 0 Å². The molecule has 0 atom stereocenters. The van der Waals surface area contributed by atoms with Crippen LogP contribution in [-0.2, 0) is 0 Å². The standard InChI is InChI=1S/C9H11BrN2O2/c1-6-4-7(10)5-12-8(6)9(14)11-2-3-13/h4-5,13H,2-3H2,1H3,(H,11,14). The van der Waals surface area contributed by atoms with E-state index in [4.69, 9.17) is 5.11 Å².